The average Bonchev–Trinajstić information content (AvgIpc) is 2.64. The zero-order chi connectivity index (χ0) is 18.5. The van der Waals surface area contributed by atoms with Crippen LogP contribution in [-0.4, -0.2) is 18.0 Å². The summed E-state index contributed by atoms with van der Waals surface area (Å²) < 4.78 is 5.12. The maximum Gasteiger partial charge on any atom is 0.229 e. The highest BCUT2D eigenvalue weighted by Gasteiger charge is 2.11. The van der Waals surface area contributed by atoms with E-state index in [9.17, 15) is 4.79 Å². The molecule has 1 heterocycles. The molecule has 0 aliphatic heterocycles. The van der Waals surface area contributed by atoms with Gasteiger partial charge >= 0.3 is 0 Å². The molecule has 2 aromatic carbocycles. The van der Waals surface area contributed by atoms with Crippen molar-refractivity contribution in [1.29, 1.82) is 0 Å². The SMILES string of the molecule is COc1ccc(CC(=O)Nc2ccc(C)c(-c3ccccc3Cl)n2)cc1. The smallest absolute Gasteiger partial charge is 0.229 e. The number of ether oxygens (including phenoxy) is 1. The van der Waals surface area contributed by atoms with Gasteiger partial charge in [0, 0.05) is 10.6 Å². The summed E-state index contributed by atoms with van der Waals surface area (Å²) in [6.45, 7) is 1.97. The van der Waals surface area contributed by atoms with Gasteiger partial charge in [-0.1, -0.05) is 48.0 Å². The van der Waals surface area contributed by atoms with Crippen molar-refractivity contribution in [3.63, 3.8) is 0 Å². The molecule has 0 bridgehead atoms. The molecule has 0 atom stereocenters. The zero-order valence-corrected chi connectivity index (χ0v) is 15.4. The predicted octanol–water partition coefficient (Wildman–Crippen LogP) is 4.90. The summed E-state index contributed by atoms with van der Waals surface area (Å²) in [6, 6.07) is 18.7. The van der Waals surface area contributed by atoms with E-state index in [1.165, 1.54) is 0 Å². The molecule has 132 valence electrons. The highest BCUT2D eigenvalue weighted by molar-refractivity contribution is 6.33. The van der Waals surface area contributed by atoms with E-state index in [-0.39, 0.29) is 12.3 Å². The zero-order valence-electron chi connectivity index (χ0n) is 14.6. The van der Waals surface area contributed by atoms with Crippen LogP contribution < -0.4 is 10.1 Å². The molecule has 5 heteroatoms. The first kappa shape index (κ1) is 18.0. The van der Waals surface area contributed by atoms with E-state index in [0.29, 0.717) is 10.8 Å². The Hall–Kier alpha value is -2.85. The van der Waals surface area contributed by atoms with Gasteiger partial charge < -0.3 is 10.1 Å². The molecule has 0 radical (unpaired) electrons. The number of nitrogens with one attached hydrogen (secondary N) is 1. The number of pyridine rings is 1. The van der Waals surface area contributed by atoms with E-state index >= 15 is 0 Å². The maximum atomic E-state index is 12.3. The van der Waals surface area contributed by atoms with E-state index in [0.717, 1.165) is 28.1 Å². The third-order valence-corrected chi connectivity index (χ3v) is 4.35. The lowest BCUT2D eigenvalue weighted by atomic mass is 10.1. The van der Waals surface area contributed by atoms with Crippen molar-refractivity contribution in [3.05, 3.63) is 76.8 Å². The van der Waals surface area contributed by atoms with Crippen molar-refractivity contribution in [3.8, 4) is 17.0 Å². The van der Waals surface area contributed by atoms with Crippen LogP contribution >= 0.6 is 11.6 Å². The maximum absolute atomic E-state index is 12.3. The fourth-order valence-corrected chi connectivity index (χ4v) is 2.87. The van der Waals surface area contributed by atoms with Crippen LogP contribution in [0.15, 0.2) is 60.7 Å². The van der Waals surface area contributed by atoms with Crippen LogP contribution in [0.4, 0.5) is 5.82 Å². The molecule has 0 fully saturated rings. The monoisotopic (exact) mass is 366 g/mol. The van der Waals surface area contributed by atoms with Gasteiger partial charge in [0.2, 0.25) is 5.91 Å². The van der Waals surface area contributed by atoms with Crippen molar-refractivity contribution >= 4 is 23.3 Å². The van der Waals surface area contributed by atoms with Gasteiger partial charge in [-0.05, 0) is 42.3 Å². The molecule has 0 unspecified atom stereocenters. The molecule has 1 aromatic heterocycles. The molecule has 0 aliphatic carbocycles. The van der Waals surface area contributed by atoms with Gasteiger partial charge in [-0.15, -0.1) is 0 Å². The van der Waals surface area contributed by atoms with Crippen LogP contribution in [0.5, 0.6) is 5.75 Å². The van der Waals surface area contributed by atoms with E-state index < -0.39 is 0 Å². The molecule has 1 N–H and O–H groups in total. The minimum absolute atomic E-state index is 0.128. The number of carbonyl (C=O) groups excluding carboxylic acids is 1. The fourth-order valence-electron chi connectivity index (χ4n) is 2.64. The number of hydrogen-bond acceptors (Lipinski definition) is 3. The summed E-state index contributed by atoms with van der Waals surface area (Å²) in [4.78, 5) is 16.9. The lowest BCUT2D eigenvalue weighted by Crippen LogP contribution is -2.15. The minimum atomic E-state index is -0.128. The van der Waals surface area contributed by atoms with Crippen LogP contribution in [0.1, 0.15) is 11.1 Å². The summed E-state index contributed by atoms with van der Waals surface area (Å²) in [7, 11) is 1.61. The molecule has 26 heavy (non-hydrogen) atoms. The third kappa shape index (κ3) is 4.21. The number of carbonyl (C=O) groups is 1. The van der Waals surface area contributed by atoms with Crippen molar-refractivity contribution in [2.24, 2.45) is 0 Å². The molecule has 0 saturated heterocycles. The molecule has 3 rings (SSSR count). The Morgan fingerprint density at radius 3 is 2.50 bits per heavy atom. The van der Waals surface area contributed by atoms with Gasteiger partial charge in [0.05, 0.1) is 19.2 Å². The van der Waals surface area contributed by atoms with E-state index in [4.69, 9.17) is 16.3 Å². The summed E-state index contributed by atoms with van der Waals surface area (Å²) in [5, 5.41) is 3.48. The average molecular weight is 367 g/mol. The first-order valence-electron chi connectivity index (χ1n) is 8.22. The Labute approximate surface area is 157 Å². The number of amides is 1. The lowest BCUT2D eigenvalue weighted by Gasteiger charge is -2.11. The number of hydrogen-bond donors (Lipinski definition) is 1. The van der Waals surface area contributed by atoms with E-state index in [1.807, 2.05) is 61.5 Å². The number of halogens is 1. The fraction of sp³-hybridized carbons (Fsp3) is 0.143. The third-order valence-electron chi connectivity index (χ3n) is 4.02. The molecule has 3 aromatic rings. The highest BCUT2D eigenvalue weighted by Crippen LogP contribution is 2.29. The Bertz CT molecular complexity index is 924. The molecule has 1 amide bonds. The quantitative estimate of drug-likeness (QED) is 0.698. The van der Waals surface area contributed by atoms with Gasteiger partial charge in [0.25, 0.3) is 0 Å². The van der Waals surface area contributed by atoms with E-state index in [2.05, 4.69) is 10.3 Å². The largest absolute Gasteiger partial charge is 0.497 e. The second-order valence-electron chi connectivity index (χ2n) is 5.91. The van der Waals surface area contributed by atoms with Gasteiger partial charge in [0.1, 0.15) is 11.6 Å². The number of aromatic nitrogens is 1. The van der Waals surface area contributed by atoms with Crippen molar-refractivity contribution in [2.45, 2.75) is 13.3 Å². The lowest BCUT2D eigenvalue weighted by molar-refractivity contribution is -0.115. The molecule has 0 saturated carbocycles. The van der Waals surface area contributed by atoms with E-state index in [1.54, 1.807) is 13.2 Å². The molecule has 4 nitrogen and oxygen atoms in total. The Balaban J connectivity index is 1.76. The first-order chi connectivity index (χ1) is 12.6. The van der Waals surface area contributed by atoms with Gasteiger partial charge in [-0.2, -0.15) is 0 Å². The number of anilines is 1. The van der Waals surface area contributed by atoms with Crippen molar-refractivity contribution < 1.29 is 9.53 Å². The normalized spacial score (nSPS) is 10.4. The minimum Gasteiger partial charge on any atom is -0.497 e. The van der Waals surface area contributed by atoms with Gasteiger partial charge in [-0.25, -0.2) is 4.98 Å². The van der Waals surface area contributed by atoms with Crippen LogP contribution in [0.25, 0.3) is 11.3 Å². The van der Waals surface area contributed by atoms with Crippen molar-refractivity contribution in [1.82, 2.24) is 4.98 Å². The van der Waals surface area contributed by atoms with Crippen LogP contribution in [0.2, 0.25) is 5.02 Å². The van der Waals surface area contributed by atoms with Crippen molar-refractivity contribution in [2.75, 3.05) is 12.4 Å². The Morgan fingerprint density at radius 2 is 1.81 bits per heavy atom. The second kappa shape index (κ2) is 8.02. The standard InChI is InChI=1S/C21H19ClN2O2/c1-14-7-12-19(24-21(14)17-5-3-4-6-18(17)22)23-20(25)13-15-8-10-16(26-2)11-9-15/h3-12H,13H2,1-2H3,(H,23,24,25). The number of nitrogens with zero attached hydrogens (tertiary/aromatic N) is 1. The van der Waals surface area contributed by atoms with Gasteiger partial charge in [0.15, 0.2) is 0 Å². The van der Waals surface area contributed by atoms with Gasteiger partial charge in [-0.3, -0.25) is 4.79 Å². The number of benzene rings is 2. The molecular formula is C21H19ClN2O2. The summed E-state index contributed by atoms with van der Waals surface area (Å²) >= 11 is 6.28. The second-order valence-corrected chi connectivity index (χ2v) is 6.32. The highest BCUT2D eigenvalue weighted by atomic mass is 35.5. The molecule has 0 aliphatic rings. The van der Waals surface area contributed by atoms with Crippen LogP contribution in [-0.2, 0) is 11.2 Å². The Morgan fingerprint density at radius 1 is 1.08 bits per heavy atom. The summed E-state index contributed by atoms with van der Waals surface area (Å²) in [5.74, 6) is 1.14. The number of methoxy groups -OCH3 is 1. The van der Waals surface area contributed by atoms with Crippen LogP contribution in [0.3, 0.4) is 0 Å². The predicted molar refractivity (Wildman–Crippen MR) is 105 cm³/mol. The molecule has 0 spiro atoms. The van der Waals surface area contributed by atoms with Crippen LogP contribution in [0, 0.1) is 6.92 Å². The first-order valence-corrected chi connectivity index (χ1v) is 8.60. The topological polar surface area (TPSA) is 51.2 Å². The number of rotatable bonds is 5. The Kier molecular flexibility index (Phi) is 5.54. The number of aryl methyl sites for hydroxylation is 1. The summed E-state index contributed by atoms with van der Waals surface area (Å²) in [5.41, 5.74) is 3.50. The molecular weight excluding hydrogens is 348 g/mol. The summed E-state index contributed by atoms with van der Waals surface area (Å²) in [6.07, 6.45) is 0.265.